The van der Waals surface area contributed by atoms with Crippen LogP contribution < -0.4 is 11.1 Å². The number of ether oxygens (including phenoxy) is 1. The molecule has 142 valence electrons. The minimum absolute atomic E-state index is 0.0474. The number of carbonyl (C=O) groups is 1. The van der Waals surface area contributed by atoms with Crippen LogP contribution >= 0.6 is 0 Å². The highest BCUT2D eigenvalue weighted by atomic mass is 16.5. The SMILES string of the molecule is CC(=N)c1cc(C(=O)NCC2(N3CCOCC3)CCCCC2)ccc1N. The van der Waals surface area contributed by atoms with E-state index < -0.39 is 0 Å². The lowest BCUT2D eigenvalue weighted by molar-refractivity contribution is -0.0361. The smallest absolute Gasteiger partial charge is 0.251 e. The van der Waals surface area contributed by atoms with E-state index in [0.717, 1.165) is 39.1 Å². The van der Waals surface area contributed by atoms with Crippen LogP contribution in [0.1, 0.15) is 54.9 Å². The molecule has 1 amide bonds. The number of nitrogens with two attached hydrogens (primary N) is 1. The fraction of sp³-hybridized carbons (Fsp3) is 0.600. The first-order valence-corrected chi connectivity index (χ1v) is 9.58. The van der Waals surface area contributed by atoms with Gasteiger partial charge in [0.1, 0.15) is 0 Å². The maximum Gasteiger partial charge on any atom is 0.251 e. The minimum Gasteiger partial charge on any atom is -0.398 e. The van der Waals surface area contributed by atoms with Crippen molar-refractivity contribution in [3.8, 4) is 0 Å². The Kier molecular flexibility index (Phi) is 5.94. The molecular formula is C20H30N4O2. The molecule has 6 nitrogen and oxygen atoms in total. The van der Waals surface area contributed by atoms with Gasteiger partial charge in [-0.3, -0.25) is 9.69 Å². The molecule has 1 aromatic rings. The third-order valence-electron chi connectivity index (χ3n) is 5.76. The zero-order chi connectivity index (χ0) is 18.6. The van der Waals surface area contributed by atoms with Crippen LogP contribution in [0.15, 0.2) is 18.2 Å². The van der Waals surface area contributed by atoms with Gasteiger partial charge in [0.15, 0.2) is 0 Å². The molecule has 1 saturated carbocycles. The van der Waals surface area contributed by atoms with E-state index in [2.05, 4.69) is 10.2 Å². The monoisotopic (exact) mass is 358 g/mol. The predicted octanol–water partition coefficient (Wildman–Crippen LogP) is 2.42. The number of carbonyl (C=O) groups excluding carboxylic acids is 1. The van der Waals surface area contributed by atoms with Gasteiger partial charge >= 0.3 is 0 Å². The number of anilines is 1. The first-order chi connectivity index (χ1) is 12.5. The molecule has 0 atom stereocenters. The number of benzene rings is 1. The van der Waals surface area contributed by atoms with Crippen molar-refractivity contribution in [2.45, 2.75) is 44.6 Å². The summed E-state index contributed by atoms with van der Waals surface area (Å²) in [5, 5.41) is 11.0. The van der Waals surface area contributed by atoms with E-state index in [1.807, 2.05) is 0 Å². The zero-order valence-corrected chi connectivity index (χ0v) is 15.6. The molecule has 2 fully saturated rings. The van der Waals surface area contributed by atoms with E-state index in [0.29, 0.717) is 29.1 Å². The molecule has 4 N–H and O–H groups in total. The lowest BCUT2D eigenvalue weighted by Gasteiger charge is -2.48. The zero-order valence-electron chi connectivity index (χ0n) is 15.6. The highest BCUT2D eigenvalue weighted by Gasteiger charge is 2.38. The van der Waals surface area contributed by atoms with Gasteiger partial charge in [-0.1, -0.05) is 19.3 Å². The number of morpholine rings is 1. The standard InChI is InChI=1S/C20H30N4O2/c1-15(21)17-13-16(5-6-18(17)22)19(25)23-14-20(7-3-2-4-8-20)24-9-11-26-12-10-24/h5-6,13,21H,2-4,7-12,14,22H2,1H3,(H,23,25). The summed E-state index contributed by atoms with van der Waals surface area (Å²) in [4.78, 5) is 15.3. The summed E-state index contributed by atoms with van der Waals surface area (Å²) < 4.78 is 5.52. The Morgan fingerprint density at radius 2 is 1.96 bits per heavy atom. The molecule has 1 heterocycles. The van der Waals surface area contributed by atoms with Gasteiger partial charge < -0.3 is 21.2 Å². The third-order valence-corrected chi connectivity index (χ3v) is 5.76. The molecule has 0 unspecified atom stereocenters. The Labute approximate surface area is 155 Å². The average Bonchev–Trinajstić information content (AvgIpc) is 2.67. The third kappa shape index (κ3) is 4.07. The molecule has 1 saturated heterocycles. The van der Waals surface area contributed by atoms with Gasteiger partial charge in [-0.2, -0.15) is 0 Å². The van der Waals surface area contributed by atoms with Crippen LogP contribution in [0.2, 0.25) is 0 Å². The molecule has 6 heteroatoms. The summed E-state index contributed by atoms with van der Waals surface area (Å²) in [6, 6.07) is 5.16. The first-order valence-electron chi connectivity index (χ1n) is 9.58. The number of hydrogen-bond donors (Lipinski definition) is 3. The summed E-state index contributed by atoms with van der Waals surface area (Å²) >= 11 is 0. The van der Waals surface area contributed by atoms with Crippen molar-refractivity contribution >= 4 is 17.3 Å². The number of nitrogen functional groups attached to an aromatic ring is 1. The van der Waals surface area contributed by atoms with E-state index >= 15 is 0 Å². The van der Waals surface area contributed by atoms with Crippen molar-refractivity contribution in [3.05, 3.63) is 29.3 Å². The van der Waals surface area contributed by atoms with Crippen molar-refractivity contribution in [2.75, 3.05) is 38.6 Å². The number of nitrogens with one attached hydrogen (secondary N) is 2. The molecule has 3 rings (SSSR count). The number of rotatable bonds is 5. The molecular weight excluding hydrogens is 328 g/mol. The molecule has 0 spiro atoms. The maximum atomic E-state index is 12.7. The Hall–Kier alpha value is -1.92. The van der Waals surface area contributed by atoms with Crippen LogP contribution in [0.4, 0.5) is 5.69 Å². The summed E-state index contributed by atoms with van der Waals surface area (Å²) in [6.45, 7) is 5.77. The summed E-state index contributed by atoms with van der Waals surface area (Å²) in [5.41, 5.74) is 8.05. The second-order valence-electron chi connectivity index (χ2n) is 7.49. The number of amides is 1. The Morgan fingerprint density at radius 3 is 2.62 bits per heavy atom. The van der Waals surface area contributed by atoms with Crippen molar-refractivity contribution in [1.29, 1.82) is 5.41 Å². The second-order valence-corrected chi connectivity index (χ2v) is 7.49. The molecule has 1 aliphatic heterocycles. The van der Waals surface area contributed by atoms with Gasteiger partial charge in [0.2, 0.25) is 0 Å². The van der Waals surface area contributed by atoms with Crippen molar-refractivity contribution in [1.82, 2.24) is 10.2 Å². The maximum absolute atomic E-state index is 12.7. The second kappa shape index (κ2) is 8.18. The van der Waals surface area contributed by atoms with Gasteiger partial charge in [-0.05, 0) is 38.0 Å². The fourth-order valence-electron chi connectivity index (χ4n) is 4.22. The lowest BCUT2D eigenvalue weighted by Crippen LogP contribution is -2.59. The fourth-order valence-corrected chi connectivity index (χ4v) is 4.22. The topological polar surface area (TPSA) is 91.4 Å². The molecule has 1 aliphatic carbocycles. The average molecular weight is 358 g/mol. The Morgan fingerprint density at radius 1 is 1.27 bits per heavy atom. The molecule has 26 heavy (non-hydrogen) atoms. The van der Waals surface area contributed by atoms with Crippen LogP contribution in [-0.4, -0.2) is 54.9 Å². The summed E-state index contributed by atoms with van der Waals surface area (Å²) in [7, 11) is 0. The van der Waals surface area contributed by atoms with Gasteiger partial charge in [0.05, 0.1) is 13.2 Å². The van der Waals surface area contributed by atoms with Crippen molar-refractivity contribution < 1.29 is 9.53 Å². The van der Waals surface area contributed by atoms with E-state index in [-0.39, 0.29) is 11.4 Å². The Balaban J connectivity index is 1.71. The van der Waals surface area contributed by atoms with E-state index in [1.54, 1.807) is 25.1 Å². The normalized spacial score (nSPS) is 20.5. The first kappa shape index (κ1) is 18.9. The van der Waals surface area contributed by atoms with E-state index in [4.69, 9.17) is 15.9 Å². The highest BCUT2D eigenvalue weighted by Crippen LogP contribution is 2.34. The van der Waals surface area contributed by atoms with Gasteiger partial charge in [-0.25, -0.2) is 0 Å². The van der Waals surface area contributed by atoms with Crippen LogP contribution in [-0.2, 0) is 4.74 Å². The van der Waals surface area contributed by atoms with Crippen LogP contribution in [0.3, 0.4) is 0 Å². The number of nitrogens with zero attached hydrogens (tertiary/aromatic N) is 1. The lowest BCUT2D eigenvalue weighted by atomic mass is 9.79. The molecule has 1 aromatic carbocycles. The Bertz CT molecular complexity index is 662. The summed E-state index contributed by atoms with van der Waals surface area (Å²) in [5.74, 6) is -0.0919. The molecule has 0 bridgehead atoms. The largest absolute Gasteiger partial charge is 0.398 e. The number of hydrogen-bond acceptors (Lipinski definition) is 5. The predicted molar refractivity (Wildman–Crippen MR) is 104 cm³/mol. The molecule has 0 aromatic heterocycles. The van der Waals surface area contributed by atoms with Gasteiger partial charge in [0.25, 0.3) is 5.91 Å². The summed E-state index contributed by atoms with van der Waals surface area (Å²) in [6.07, 6.45) is 5.96. The van der Waals surface area contributed by atoms with Crippen molar-refractivity contribution in [3.63, 3.8) is 0 Å². The van der Waals surface area contributed by atoms with Crippen LogP contribution in [0.5, 0.6) is 0 Å². The van der Waals surface area contributed by atoms with Crippen LogP contribution in [0, 0.1) is 5.41 Å². The molecule has 0 radical (unpaired) electrons. The van der Waals surface area contributed by atoms with Gasteiger partial charge in [-0.15, -0.1) is 0 Å². The van der Waals surface area contributed by atoms with E-state index in [1.165, 1.54) is 19.3 Å². The highest BCUT2D eigenvalue weighted by molar-refractivity contribution is 6.04. The van der Waals surface area contributed by atoms with Crippen molar-refractivity contribution in [2.24, 2.45) is 0 Å². The quantitative estimate of drug-likeness (QED) is 0.557. The van der Waals surface area contributed by atoms with Crippen LogP contribution in [0.25, 0.3) is 0 Å². The molecule has 2 aliphatic rings. The minimum atomic E-state index is -0.0919. The van der Waals surface area contributed by atoms with E-state index in [9.17, 15) is 4.79 Å². The van der Waals surface area contributed by atoms with Gasteiger partial charge in [0, 0.05) is 47.7 Å².